The van der Waals surface area contributed by atoms with E-state index in [1.54, 1.807) is 24.3 Å². The molecule has 0 amide bonds. The molecule has 19 heavy (non-hydrogen) atoms. The van der Waals surface area contributed by atoms with Gasteiger partial charge in [-0.3, -0.25) is 0 Å². The summed E-state index contributed by atoms with van der Waals surface area (Å²) >= 11 is 9.13. The van der Waals surface area contributed by atoms with E-state index in [1.807, 2.05) is 0 Å². The van der Waals surface area contributed by atoms with Crippen LogP contribution in [0, 0.1) is 17.1 Å². The molecule has 2 aromatic rings. The summed E-state index contributed by atoms with van der Waals surface area (Å²) in [5.74, 6) is -0.376. The van der Waals surface area contributed by atoms with Crippen LogP contribution in [0.15, 0.2) is 40.9 Å². The number of benzene rings is 2. The second-order valence-corrected chi connectivity index (χ2v) is 5.29. The van der Waals surface area contributed by atoms with Gasteiger partial charge in [-0.25, -0.2) is 4.39 Å². The number of anilines is 1. The van der Waals surface area contributed by atoms with Crippen LogP contribution in [0.5, 0.6) is 0 Å². The molecule has 0 heterocycles. The van der Waals surface area contributed by atoms with E-state index < -0.39 is 0 Å². The standard InChI is InChI=1S/C14H9BrClFN2/c15-11-2-1-10(7-18)14(5-11)19-8-9-3-12(16)6-13(17)4-9/h1-6,19H,8H2. The third kappa shape index (κ3) is 3.69. The number of nitrogens with zero attached hydrogens (tertiary/aromatic N) is 1. The van der Waals surface area contributed by atoms with E-state index in [4.69, 9.17) is 16.9 Å². The first-order chi connectivity index (χ1) is 9.08. The van der Waals surface area contributed by atoms with Crippen LogP contribution in [-0.2, 0) is 6.54 Å². The molecule has 1 N–H and O–H groups in total. The fourth-order valence-corrected chi connectivity index (χ4v) is 2.28. The monoisotopic (exact) mass is 338 g/mol. The third-order valence-corrected chi connectivity index (χ3v) is 3.22. The molecule has 0 saturated heterocycles. The van der Waals surface area contributed by atoms with E-state index in [1.165, 1.54) is 12.1 Å². The Hall–Kier alpha value is -1.57. The van der Waals surface area contributed by atoms with Gasteiger partial charge in [0, 0.05) is 16.0 Å². The van der Waals surface area contributed by atoms with Gasteiger partial charge in [-0.2, -0.15) is 5.26 Å². The molecular weight excluding hydrogens is 331 g/mol. The number of rotatable bonds is 3. The highest BCUT2D eigenvalue weighted by Gasteiger charge is 2.04. The summed E-state index contributed by atoms with van der Waals surface area (Å²) in [5, 5.41) is 12.5. The van der Waals surface area contributed by atoms with Gasteiger partial charge >= 0.3 is 0 Å². The number of hydrogen-bond acceptors (Lipinski definition) is 2. The first-order valence-electron chi connectivity index (χ1n) is 5.47. The van der Waals surface area contributed by atoms with Gasteiger partial charge < -0.3 is 5.32 Å². The Morgan fingerprint density at radius 1 is 1.26 bits per heavy atom. The molecule has 2 rings (SSSR count). The van der Waals surface area contributed by atoms with E-state index in [2.05, 4.69) is 27.3 Å². The molecule has 0 spiro atoms. The zero-order valence-corrected chi connectivity index (χ0v) is 12.1. The van der Waals surface area contributed by atoms with Crippen molar-refractivity contribution in [1.82, 2.24) is 0 Å². The summed E-state index contributed by atoms with van der Waals surface area (Å²) in [7, 11) is 0. The van der Waals surface area contributed by atoms with Crippen molar-refractivity contribution in [3.05, 3.63) is 62.8 Å². The highest BCUT2D eigenvalue weighted by Crippen LogP contribution is 2.22. The van der Waals surface area contributed by atoms with Crippen molar-refractivity contribution < 1.29 is 4.39 Å². The largest absolute Gasteiger partial charge is 0.380 e. The molecule has 0 unspecified atom stereocenters. The molecule has 0 aromatic heterocycles. The molecule has 2 aromatic carbocycles. The number of nitrogens with one attached hydrogen (secondary N) is 1. The summed E-state index contributed by atoms with van der Waals surface area (Å²) in [4.78, 5) is 0. The highest BCUT2D eigenvalue weighted by molar-refractivity contribution is 9.10. The normalized spacial score (nSPS) is 10.0. The number of hydrogen-bond donors (Lipinski definition) is 1. The summed E-state index contributed by atoms with van der Waals surface area (Å²) in [6.45, 7) is 0.391. The van der Waals surface area contributed by atoms with Crippen LogP contribution in [0.2, 0.25) is 5.02 Å². The molecule has 0 radical (unpaired) electrons. The first-order valence-corrected chi connectivity index (χ1v) is 6.64. The lowest BCUT2D eigenvalue weighted by Gasteiger charge is -2.09. The second kappa shape index (κ2) is 6.05. The van der Waals surface area contributed by atoms with Crippen LogP contribution < -0.4 is 5.32 Å². The molecule has 5 heteroatoms. The van der Waals surface area contributed by atoms with E-state index in [-0.39, 0.29) is 5.82 Å². The summed E-state index contributed by atoms with van der Waals surface area (Å²) in [6, 6.07) is 11.8. The molecule has 0 aliphatic carbocycles. The molecule has 0 fully saturated rings. The van der Waals surface area contributed by atoms with E-state index in [9.17, 15) is 4.39 Å². The zero-order valence-electron chi connectivity index (χ0n) is 9.75. The second-order valence-electron chi connectivity index (χ2n) is 3.93. The van der Waals surface area contributed by atoms with E-state index in [0.29, 0.717) is 28.4 Å². The van der Waals surface area contributed by atoms with Gasteiger partial charge in [0.1, 0.15) is 11.9 Å². The van der Waals surface area contributed by atoms with E-state index >= 15 is 0 Å². The Bertz CT molecular complexity index is 632. The van der Waals surface area contributed by atoms with Gasteiger partial charge in [0.15, 0.2) is 0 Å². The minimum atomic E-state index is -0.376. The van der Waals surface area contributed by atoms with Gasteiger partial charge in [-0.05, 0) is 42.0 Å². The molecule has 0 aliphatic heterocycles. The predicted octanol–water partition coefficient (Wildman–Crippen LogP) is 4.73. The highest BCUT2D eigenvalue weighted by atomic mass is 79.9. The summed E-state index contributed by atoms with van der Waals surface area (Å²) < 4.78 is 14.1. The summed E-state index contributed by atoms with van der Waals surface area (Å²) in [5.41, 5.74) is 1.94. The van der Waals surface area contributed by atoms with Crippen LogP contribution in [-0.4, -0.2) is 0 Å². The molecular formula is C14H9BrClFN2. The van der Waals surface area contributed by atoms with Crippen LogP contribution in [0.25, 0.3) is 0 Å². The Balaban J connectivity index is 2.19. The summed E-state index contributed by atoms with van der Waals surface area (Å²) in [6.07, 6.45) is 0. The van der Waals surface area contributed by atoms with Crippen molar-refractivity contribution in [1.29, 1.82) is 5.26 Å². The lowest BCUT2D eigenvalue weighted by atomic mass is 10.1. The maximum Gasteiger partial charge on any atom is 0.125 e. The van der Waals surface area contributed by atoms with Crippen LogP contribution in [0.3, 0.4) is 0 Å². The lowest BCUT2D eigenvalue weighted by Crippen LogP contribution is -2.01. The van der Waals surface area contributed by atoms with Crippen molar-refractivity contribution in [2.45, 2.75) is 6.54 Å². The topological polar surface area (TPSA) is 35.8 Å². The lowest BCUT2D eigenvalue weighted by molar-refractivity contribution is 0.626. The molecule has 0 atom stereocenters. The zero-order chi connectivity index (χ0) is 13.8. The first kappa shape index (κ1) is 13.9. The Labute approximate surface area is 123 Å². The third-order valence-electron chi connectivity index (χ3n) is 2.51. The minimum Gasteiger partial charge on any atom is -0.380 e. The smallest absolute Gasteiger partial charge is 0.125 e. The van der Waals surface area contributed by atoms with Gasteiger partial charge in [-0.15, -0.1) is 0 Å². The van der Waals surface area contributed by atoms with Crippen LogP contribution >= 0.6 is 27.5 Å². The molecule has 0 saturated carbocycles. The Kier molecular flexibility index (Phi) is 4.41. The Morgan fingerprint density at radius 3 is 2.74 bits per heavy atom. The van der Waals surface area contributed by atoms with Crippen LogP contribution in [0.4, 0.5) is 10.1 Å². The quantitative estimate of drug-likeness (QED) is 0.878. The maximum absolute atomic E-state index is 13.2. The molecule has 96 valence electrons. The fourth-order valence-electron chi connectivity index (χ4n) is 1.67. The minimum absolute atomic E-state index is 0.353. The van der Waals surface area contributed by atoms with Crippen LogP contribution in [0.1, 0.15) is 11.1 Å². The SMILES string of the molecule is N#Cc1ccc(Br)cc1NCc1cc(F)cc(Cl)c1. The van der Waals surface area contributed by atoms with Crippen molar-refractivity contribution in [2.75, 3.05) is 5.32 Å². The average Bonchev–Trinajstić information content (AvgIpc) is 2.35. The maximum atomic E-state index is 13.2. The number of nitriles is 1. The van der Waals surface area contributed by atoms with Crippen molar-refractivity contribution >= 4 is 33.2 Å². The van der Waals surface area contributed by atoms with E-state index in [0.717, 1.165) is 4.47 Å². The van der Waals surface area contributed by atoms with Gasteiger partial charge in [0.25, 0.3) is 0 Å². The van der Waals surface area contributed by atoms with Crippen molar-refractivity contribution in [2.24, 2.45) is 0 Å². The Morgan fingerprint density at radius 2 is 2.05 bits per heavy atom. The average molecular weight is 340 g/mol. The van der Waals surface area contributed by atoms with Crippen molar-refractivity contribution in [3.8, 4) is 6.07 Å². The molecule has 2 nitrogen and oxygen atoms in total. The van der Waals surface area contributed by atoms with Gasteiger partial charge in [-0.1, -0.05) is 27.5 Å². The van der Waals surface area contributed by atoms with Gasteiger partial charge in [0.2, 0.25) is 0 Å². The molecule has 0 aliphatic rings. The predicted molar refractivity (Wildman–Crippen MR) is 77.6 cm³/mol. The molecule has 0 bridgehead atoms. The van der Waals surface area contributed by atoms with Crippen molar-refractivity contribution in [3.63, 3.8) is 0 Å². The van der Waals surface area contributed by atoms with Gasteiger partial charge in [0.05, 0.1) is 11.3 Å². The number of halogens is 3. The fraction of sp³-hybridized carbons (Fsp3) is 0.0714.